The van der Waals surface area contributed by atoms with Crippen LogP contribution in [-0.4, -0.2) is 26.8 Å². The number of benzene rings is 1. The fraction of sp³-hybridized carbons (Fsp3) is 0.455. The van der Waals surface area contributed by atoms with Crippen LogP contribution in [0.2, 0.25) is 0 Å². The van der Waals surface area contributed by atoms with Crippen molar-refractivity contribution >= 4 is 25.5 Å². The Kier molecular flexibility index (Phi) is 16.5. The smallest absolute Gasteiger partial charge is 0.386 e. The number of nitrogens with zero attached hydrogens (tertiary/aromatic N) is 3. The summed E-state index contributed by atoms with van der Waals surface area (Å²) in [6.07, 6.45) is -4.00. The van der Waals surface area contributed by atoms with E-state index in [0.717, 1.165) is 31.3 Å². The molecule has 4 nitrogen and oxygen atoms in total. The number of rotatable bonds is 1. The Morgan fingerprint density at radius 1 is 0.905 bits per heavy atom. The molecule has 0 atom stereocenters. The van der Waals surface area contributed by atoms with E-state index >= 15 is 0 Å². The molecule has 118 valence electrons. The molecule has 0 amide bonds. The number of methoxy groups -OCH3 is 1. The Labute approximate surface area is 127 Å². The SMILES string of the molecule is CC.CC(F)(F)F.COc1ccccc1.n1pnpnp1. The van der Waals surface area contributed by atoms with Crippen LogP contribution >= 0.6 is 25.5 Å². The quantitative estimate of drug-likeness (QED) is 0.637. The topological polar surface area (TPSA) is 47.9 Å². The number of hydrogen-bond acceptors (Lipinski definition) is 4. The monoisotopic (exact) mass is 357 g/mol. The van der Waals surface area contributed by atoms with Crippen molar-refractivity contribution in [1.29, 1.82) is 0 Å². The molecule has 0 unspecified atom stereocenters. The van der Waals surface area contributed by atoms with Crippen LogP contribution in [0.1, 0.15) is 20.8 Å². The van der Waals surface area contributed by atoms with Crippen LogP contribution < -0.4 is 4.74 Å². The molecule has 10 heteroatoms. The van der Waals surface area contributed by atoms with Gasteiger partial charge in [0.2, 0.25) is 0 Å². The van der Waals surface area contributed by atoms with E-state index in [1.54, 1.807) is 7.11 Å². The Morgan fingerprint density at radius 2 is 1.24 bits per heavy atom. The lowest BCUT2D eigenvalue weighted by molar-refractivity contribution is -0.110. The first-order valence-corrected chi connectivity index (χ1v) is 8.19. The van der Waals surface area contributed by atoms with E-state index in [-0.39, 0.29) is 6.92 Å². The molecule has 0 saturated carbocycles. The average Bonchev–Trinajstić information content (AvgIpc) is 2.51. The van der Waals surface area contributed by atoms with Gasteiger partial charge in [0.15, 0.2) is 25.5 Å². The molecule has 0 aliphatic heterocycles. The first kappa shape index (κ1) is 22.4. The highest BCUT2D eigenvalue weighted by Crippen LogP contribution is 2.10. The zero-order valence-electron chi connectivity index (χ0n) is 12.1. The molecule has 0 fully saturated rings. The average molecular weight is 357 g/mol. The zero-order valence-corrected chi connectivity index (χ0v) is 14.8. The van der Waals surface area contributed by atoms with Gasteiger partial charge in [0.25, 0.3) is 0 Å². The van der Waals surface area contributed by atoms with E-state index < -0.39 is 6.18 Å². The summed E-state index contributed by atoms with van der Waals surface area (Å²) in [5.74, 6) is 0.910. The van der Waals surface area contributed by atoms with E-state index in [1.165, 1.54) is 0 Å². The van der Waals surface area contributed by atoms with E-state index in [4.69, 9.17) is 4.74 Å². The van der Waals surface area contributed by atoms with Crippen LogP contribution in [0, 0.1) is 0 Å². The van der Waals surface area contributed by atoms with Gasteiger partial charge in [-0.2, -0.15) is 26.7 Å². The van der Waals surface area contributed by atoms with Gasteiger partial charge < -0.3 is 4.74 Å². The number of para-hydroxylation sites is 1. The largest absolute Gasteiger partial charge is 0.497 e. The normalized spacial score (nSPS) is 9.86. The summed E-state index contributed by atoms with van der Waals surface area (Å²) in [7, 11) is 4.15. The molecule has 0 N–H and O–H groups in total. The lowest BCUT2D eigenvalue weighted by atomic mass is 10.3. The molecule has 0 saturated heterocycles. The zero-order chi connectivity index (χ0) is 16.6. The maximum Gasteiger partial charge on any atom is 0.386 e. The molecule has 21 heavy (non-hydrogen) atoms. The third kappa shape index (κ3) is 24.5. The van der Waals surface area contributed by atoms with Crippen molar-refractivity contribution in [3.63, 3.8) is 0 Å². The molecule has 0 aliphatic rings. The highest BCUT2D eigenvalue weighted by molar-refractivity contribution is 7.43. The summed E-state index contributed by atoms with van der Waals surface area (Å²) < 4.78 is 47.3. The number of alkyl halides is 3. The summed E-state index contributed by atoms with van der Waals surface area (Å²) >= 11 is 0. The van der Waals surface area contributed by atoms with Crippen molar-refractivity contribution in [3.05, 3.63) is 30.3 Å². The maximum atomic E-state index is 10.4. The summed E-state index contributed by atoms with van der Waals surface area (Å²) in [6.45, 7) is 4.19. The van der Waals surface area contributed by atoms with Gasteiger partial charge in [0, 0.05) is 6.92 Å². The second-order valence-corrected chi connectivity index (χ2v) is 5.52. The van der Waals surface area contributed by atoms with Crippen LogP contribution in [0.4, 0.5) is 13.2 Å². The lowest BCUT2D eigenvalue weighted by Crippen LogP contribution is -1.95. The Bertz CT molecular complexity index is 389. The Morgan fingerprint density at radius 3 is 1.43 bits per heavy atom. The first-order valence-electron chi connectivity index (χ1n) is 5.79. The molecule has 0 radical (unpaired) electrons. The van der Waals surface area contributed by atoms with Crippen molar-refractivity contribution in [3.8, 4) is 5.75 Å². The second kappa shape index (κ2) is 15.5. The molecule has 1 aromatic heterocycles. The van der Waals surface area contributed by atoms with E-state index in [2.05, 4.69) is 13.5 Å². The minimum absolute atomic E-state index is 0.188. The van der Waals surface area contributed by atoms with Crippen molar-refractivity contribution < 1.29 is 17.9 Å². The molecule has 0 spiro atoms. The van der Waals surface area contributed by atoms with Crippen molar-refractivity contribution in [2.45, 2.75) is 26.9 Å². The standard InChI is InChI=1S/C7H8O.C2H3F3.C2H6.N3P3/c1-8-7-5-3-2-4-6-7;1-2(3,4)5;1-2;1-4-2-6-3-5-1/h2-6H,1H3;1H3;1-2H3;. The van der Waals surface area contributed by atoms with E-state index in [1.807, 2.05) is 44.2 Å². The van der Waals surface area contributed by atoms with Crippen LogP contribution in [0.5, 0.6) is 5.75 Å². The number of ether oxygens (including phenoxy) is 1. The fourth-order valence-corrected chi connectivity index (χ4v) is 2.49. The predicted octanol–water partition coefficient (Wildman–Crippen LogP) is 5.90. The van der Waals surface area contributed by atoms with E-state index in [9.17, 15) is 13.2 Å². The lowest BCUT2D eigenvalue weighted by Gasteiger charge is -1.93. The van der Waals surface area contributed by atoms with Crippen molar-refractivity contribution in [1.82, 2.24) is 13.5 Å². The van der Waals surface area contributed by atoms with Gasteiger partial charge in [-0.25, -0.2) is 0 Å². The van der Waals surface area contributed by atoms with Gasteiger partial charge in [0.05, 0.1) is 7.11 Å². The minimum atomic E-state index is -4.00. The van der Waals surface area contributed by atoms with Crippen LogP contribution in [0.15, 0.2) is 30.3 Å². The maximum absolute atomic E-state index is 10.4. The van der Waals surface area contributed by atoms with Gasteiger partial charge in [-0.05, 0) is 12.1 Å². The van der Waals surface area contributed by atoms with E-state index in [0.29, 0.717) is 0 Å². The van der Waals surface area contributed by atoms with Crippen molar-refractivity contribution in [2.24, 2.45) is 0 Å². The third-order valence-electron chi connectivity index (χ3n) is 1.22. The summed E-state index contributed by atoms with van der Waals surface area (Å²) in [6, 6.07) is 9.68. The first-order chi connectivity index (χ1) is 9.93. The molecule has 2 rings (SSSR count). The summed E-state index contributed by atoms with van der Waals surface area (Å²) in [4.78, 5) is 0. The van der Waals surface area contributed by atoms with Crippen LogP contribution in [0.25, 0.3) is 0 Å². The highest BCUT2D eigenvalue weighted by Gasteiger charge is 2.15. The fourth-order valence-electron chi connectivity index (χ4n) is 0.664. The molecule has 1 heterocycles. The molecule has 0 aliphatic carbocycles. The second-order valence-electron chi connectivity index (χ2n) is 2.84. The summed E-state index contributed by atoms with van der Waals surface area (Å²) in [5.41, 5.74) is 0. The third-order valence-corrected chi connectivity index (χ3v) is 3.14. The predicted molar refractivity (Wildman–Crippen MR) is 83.4 cm³/mol. The number of hydrogen-bond donors (Lipinski definition) is 0. The Hall–Kier alpha value is -0.890. The van der Waals surface area contributed by atoms with Gasteiger partial charge in [-0.3, -0.25) is 0 Å². The Balaban J connectivity index is 0. The minimum Gasteiger partial charge on any atom is -0.497 e. The van der Waals surface area contributed by atoms with Gasteiger partial charge in [-0.15, -0.1) is 0 Å². The molecule has 1 aromatic carbocycles. The molecule has 2 aromatic rings. The van der Waals surface area contributed by atoms with Crippen LogP contribution in [-0.2, 0) is 0 Å². The van der Waals surface area contributed by atoms with Crippen molar-refractivity contribution in [2.75, 3.05) is 7.11 Å². The number of aromatic nitrogens is 3. The van der Waals surface area contributed by atoms with Gasteiger partial charge in [0.1, 0.15) is 5.75 Å². The number of halogens is 3. The summed E-state index contributed by atoms with van der Waals surface area (Å²) in [5, 5.41) is 0. The van der Waals surface area contributed by atoms with Gasteiger partial charge >= 0.3 is 6.18 Å². The molecular weight excluding hydrogens is 340 g/mol. The molecule has 0 bridgehead atoms. The highest BCUT2D eigenvalue weighted by atomic mass is 31.1. The van der Waals surface area contributed by atoms with Gasteiger partial charge in [-0.1, -0.05) is 32.0 Å². The molecular formula is C11H17F3N3OP3. The van der Waals surface area contributed by atoms with Crippen LogP contribution in [0.3, 0.4) is 0 Å².